The molecule has 0 spiro atoms. The minimum absolute atomic E-state index is 0.113. The van der Waals surface area contributed by atoms with Crippen LogP contribution in [0.2, 0.25) is 0 Å². The summed E-state index contributed by atoms with van der Waals surface area (Å²) in [6, 6.07) is 4.65. The molecule has 0 heterocycles. The normalized spacial score (nSPS) is 11.6. The molecule has 1 aromatic carbocycles. The van der Waals surface area contributed by atoms with Crippen LogP contribution in [0.15, 0.2) is 27.6 Å². The van der Waals surface area contributed by atoms with E-state index in [1.54, 1.807) is 6.07 Å². The van der Waals surface area contributed by atoms with Crippen LogP contribution >= 0.6 is 26.6 Å². The van der Waals surface area contributed by atoms with E-state index in [0.29, 0.717) is 0 Å². The number of rotatable bonds is 1. The number of hydrogen-bond donors (Lipinski definition) is 0. The Kier molecular flexibility index (Phi) is 2.81. The van der Waals surface area contributed by atoms with Crippen molar-refractivity contribution in [1.82, 2.24) is 0 Å². The summed E-state index contributed by atoms with van der Waals surface area (Å²) in [5.41, 5.74) is 0.971. The summed E-state index contributed by atoms with van der Waals surface area (Å²) >= 11 is 3.22. The van der Waals surface area contributed by atoms with Gasteiger partial charge in [0.1, 0.15) is 0 Å². The summed E-state index contributed by atoms with van der Waals surface area (Å²) in [5, 5.41) is 0. The summed E-state index contributed by atoms with van der Waals surface area (Å²) in [7, 11) is 1.53. The molecule has 12 heavy (non-hydrogen) atoms. The molecular weight excluding hydrogens is 263 g/mol. The third kappa shape index (κ3) is 2.21. The second-order valence-electron chi connectivity index (χ2n) is 2.35. The second kappa shape index (κ2) is 3.36. The third-order valence-electron chi connectivity index (χ3n) is 1.42. The van der Waals surface area contributed by atoms with E-state index < -0.39 is 9.05 Å². The largest absolute Gasteiger partial charge is 0.261 e. The summed E-state index contributed by atoms with van der Waals surface area (Å²) < 4.78 is 22.4. The molecule has 1 aromatic rings. The Balaban J connectivity index is 3.33. The van der Waals surface area contributed by atoms with Crippen molar-refractivity contribution in [3.8, 4) is 0 Å². The maximum Gasteiger partial charge on any atom is 0.261 e. The molecule has 5 heteroatoms. The molecule has 0 aliphatic heterocycles. The average molecular weight is 270 g/mol. The lowest BCUT2D eigenvalue weighted by atomic mass is 10.2. The van der Waals surface area contributed by atoms with Crippen LogP contribution in [-0.2, 0) is 9.05 Å². The Bertz CT molecular complexity index is 400. The van der Waals surface area contributed by atoms with Crippen LogP contribution in [-0.4, -0.2) is 8.42 Å². The van der Waals surface area contributed by atoms with Crippen molar-refractivity contribution in [2.45, 2.75) is 11.8 Å². The number of hydrogen-bond acceptors (Lipinski definition) is 2. The first-order chi connectivity index (χ1) is 5.41. The van der Waals surface area contributed by atoms with Gasteiger partial charge >= 0.3 is 0 Å². The van der Waals surface area contributed by atoms with E-state index in [1.165, 1.54) is 12.1 Å². The van der Waals surface area contributed by atoms with Crippen LogP contribution in [0, 0.1) is 6.92 Å². The van der Waals surface area contributed by atoms with Crippen molar-refractivity contribution in [2.75, 3.05) is 0 Å². The molecule has 2 nitrogen and oxygen atoms in total. The van der Waals surface area contributed by atoms with E-state index in [1.807, 2.05) is 6.92 Å². The topological polar surface area (TPSA) is 34.1 Å². The van der Waals surface area contributed by atoms with Gasteiger partial charge in [-0.15, -0.1) is 0 Å². The molecule has 0 fully saturated rings. The maximum atomic E-state index is 10.8. The molecule has 1 rings (SSSR count). The highest BCUT2D eigenvalue weighted by Gasteiger charge is 2.10. The molecule has 0 saturated heterocycles. The van der Waals surface area contributed by atoms with Gasteiger partial charge in [0.2, 0.25) is 0 Å². The van der Waals surface area contributed by atoms with Gasteiger partial charge in [-0.3, -0.25) is 0 Å². The van der Waals surface area contributed by atoms with Gasteiger partial charge in [0.25, 0.3) is 9.05 Å². The SMILES string of the molecule is Cc1ccc(S(=O)(=O)Cl)cc1Br. The van der Waals surface area contributed by atoms with Gasteiger partial charge in [0.05, 0.1) is 4.90 Å². The molecule has 0 atom stereocenters. The molecule has 0 aliphatic rings. The summed E-state index contributed by atoms with van der Waals surface area (Å²) in [4.78, 5) is 0.113. The zero-order chi connectivity index (χ0) is 9.35. The Morgan fingerprint density at radius 1 is 1.42 bits per heavy atom. The molecule has 0 bridgehead atoms. The van der Waals surface area contributed by atoms with Gasteiger partial charge in [-0.2, -0.15) is 0 Å². The average Bonchev–Trinajstić information content (AvgIpc) is 1.92. The molecule has 0 amide bonds. The lowest BCUT2D eigenvalue weighted by molar-refractivity contribution is 0.609. The fraction of sp³-hybridized carbons (Fsp3) is 0.143. The van der Waals surface area contributed by atoms with Gasteiger partial charge in [0, 0.05) is 15.2 Å². The molecular formula is C7H6BrClO2S. The van der Waals surface area contributed by atoms with Crippen LogP contribution in [0.1, 0.15) is 5.56 Å². The van der Waals surface area contributed by atoms with Crippen molar-refractivity contribution in [1.29, 1.82) is 0 Å². The van der Waals surface area contributed by atoms with Crippen molar-refractivity contribution in [3.63, 3.8) is 0 Å². The van der Waals surface area contributed by atoms with Crippen molar-refractivity contribution in [2.24, 2.45) is 0 Å². The summed E-state index contributed by atoms with van der Waals surface area (Å²) in [5.74, 6) is 0. The van der Waals surface area contributed by atoms with Crippen molar-refractivity contribution < 1.29 is 8.42 Å². The first-order valence-electron chi connectivity index (χ1n) is 3.12. The van der Waals surface area contributed by atoms with Gasteiger partial charge in [-0.1, -0.05) is 22.0 Å². The Morgan fingerprint density at radius 2 is 2.00 bits per heavy atom. The van der Waals surface area contributed by atoms with E-state index in [0.717, 1.165) is 10.0 Å². The van der Waals surface area contributed by atoms with Crippen LogP contribution in [0.4, 0.5) is 0 Å². The Morgan fingerprint density at radius 3 is 2.42 bits per heavy atom. The van der Waals surface area contributed by atoms with E-state index >= 15 is 0 Å². The predicted octanol–water partition coefficient (Wildman–Crippen LogP) is 2.69. The zero-order valence-electron chi connectivity index (χ0n) is 6.21. The Labute approximate surface area is 84.1 Å². The van der Waals surface area contributed by atoms with E-state index in [2.05, 4.69) is 15.9 Å². The van der Waals surface area contributed by atoms with Crippen LogP contribution in [0.25, 0.3) is 0 Å². The maximum absolute atomic E-state index is 10.8. The highest BCUT2D eigenvalue weighted by atomic mass is 79.9. The molecule has 66 valence electrons. The van der Waals surface area contributed by atoms with E-state index in [4.69, 9.17) is 10.7 Å². The molecule has 0 unspecified atom stereocenters. The van der Waals surface area contributed by atoms with Gasteiger partial charge < -0.3 is 0 Å². The number of benzene rings is 1. The van der Waals surface area contributed by atoms with Crippen LogP contribution in [0.5, 0.6) is 0 Å². The van der Waals surface area contributed by atoms with Gasteiger partial charge in [0.15, 0.2) is 0 Å². The second-order valence-corrected chi connectivity index (χ2v) is 5.77. The molecule has 0 N–H and O–H groups in total. The van der Waals surface area contributed by atoms with Crippen LogP contribution in [0.3, 0.4) is 0 Å². The summed E-state index contributed by atoms with van der Waals surface area (Å²) in [6.07, 6.45) is 0. The number of halogens is 2. The lowest BCUT2D eigenvalue weighted by Crippen LogP contribution is -1.90. The standard InChI is InChI=1S/C7H6BrClO2S/c1-5-2-3-6(4-7(5)8)12(9,10)11/h2-4H,1H3. The van der Waals surface area contributed by atoms with Crippen molar-refractivity contribution in [3.05, 3.63) is 28.2 Å². The van der Waals surface area contributed by atoms with Crippen molar-refractivity contribution >= 4 is 35.7 Å². The quantitative estimate of drug-likeness (QED) is 0.735. The van der Waals surface area contributed by atoms with Crippen LogP contribution < -0.4 is 0 Å². The zero-order valence-corrected chi connectivity index (χ0v) is 9.37. The van der Waals surface area contributed by atoms with Gasteiger partial charge in [-0.05, 0) is 24.6 Å². The molecule has 0 radical (unpaired) electrons. The fourth-order valence-electron chi connectivity index (χ4n) is 0.725. The molecule has 0 aromatic heterocycles. The first-order valence-corrected chi connectivity index (χ1v) is 6.22. The smallest absolute Gasteiger partial charge is 0.207 e. The minimum atomic E-state index is -3.60. The third-order valence-corrected chi connectivity index (χ3v) is 3.63. The highest BCUT2D eigenvalue weighted by Crippen LogP contribution is 2.22. The first kappa shape index (κ1) is 10.0. The molecule has 0 aliphatic carbocycles. The Hall–Kier alpha value is -0.0600. The lowest BCUT2D eigenvalue weighted by Gasteiger charge is -1.99. The predicted molar refractivity (Wildman–Crippen MR) is 51.9 cm³/mol. The van der Waals surface area contributed by atoms with Gasteiger partial charge in [-0.25, -0.2) is 8.42 Å². The highest BCUT2D eigenvalue weighted by molar-refractivity contribution is 9.10. The monoisotopic (exact) mass is 268 g/mol. The van der Waals surface area contributed by atoms with E-state index in [9.17, 15) is 8.42 Å². The molecule has 0 saturated carbocycles. The summed E-state index contributed by atoms with van der Waals surface area (Å²) in [6.45, 7) is 1.87. The fourth-order valence-corrected chi connectivity index (χ4v) is 2.03. The number of aryl methyl sites for hydroxylation is 1. The minimum Gasteiger partial charge on any atom is -0.207 e. The van der Waals surface area contributed by atoms with E-state index in [-0.39, 0.29) is 4.90 Å².